The zero-order valence-corrected chi connectivity index (χ0v) is 6.03. The van der Waals surface area contributed by atoms with Crippen molar-refractivity contribution in [1.82, 2.24) is 0 Å². The van der Waals surface area contributed by atoms with E-state index in [1.807, 2.05) is 0 Å². The lowest BCUT2D eigenvalue weighted by Gasteiger charge is -1.95. The highest BCUT2D eigenvalue weighted by atomic mass is 16.5. The molecule has 0 aromatic heterocycles. The molecule has 5 heteroatoms. The Morgan fingerprint density at radius 1 is 1.64 bits per heavy atom. The topological polar surface area (TPSA) is 89.6 Å². The number of carbonyl (C=O) groups excluding carboxylic acids is 1. The predicted octanol–water partition coefficient (Wildman–Crippen LogP) is 0.113. The molecule has 5 nitrogen and oxygen atoms in total. The molecule has 0 saturated carbocycles. The lowest BCUT2D eigenvalue weighted by atomic mass is 10.3. The zero-order valence-electron chi connectivity index (χ0n) is 6.03. The van der Waals surface area contributed by atoms with Crippen LogP contribution in [0.15, 0.2) is 11.6 Å². The molecule has 0 aromatic carbocycles. The summed E-state index contributed by atoms with van der Waals surface area (Å²) in [5.74, 6) is -1.04. The molecule has 0 heterocycles. The van der Waals surface area contributed by atoms with Gasteiger partial charge in [0, 0.05) is 5.57 Å². The number of carboxylic acid groups (broad SMARTS) is 1. The van der Waals surface area contributed by atoms with E-state index in [0.717, 1.165) is 0 Å². The highest BCUT2D eigenvalue weighted by Gasteiger charge is 1.98. The SMILES string of the molecule is C/C(=C\COC(N)=O)C(=O)O. The van der Waals surface area contributed by atoms with Crippen LogP contribution in [0.2, 0.25) is 0 Å². The summed E-state index contributed by atoms with van der Waals surface area (Å²) in [5, 5.41) is 8.31. The van der Waals surface area contributed by atoms with Gasteiger partial charge in [-0.25, -0.2) is 9.59 Å². The molecule has 0 aliphatic heterocycles. The van der Waals surface area contributed by atoms with Gasteiger partial charge in [-0.1, -0.05) is 0 Å². The van der Waals surface area contributed by atoms with Crippen molar-refractivity contribution < 1.29 is 19.4 Å². The maximum Gasteiger partial charge on any atom is 0.404 e. The fourth-order valence-electron chi connectivity index (χ4n) is 0.336. The summed E-state index contributed by atoms with van der Waals surface area (Å²) in [6.45, 7) is 1.29. The van der Waals surface area contributed by atoms with Gasteiger partial charge < -0.3 is 15.6 Å². The molecule has 0 atom stereocenters. The molecule has 62 valence electrons. The van der Waals surface area contributed by atoms with Gasteiger partial charge in [-0.05, 0) is 13.0 Å². The Balaban J connectivity index is 3.74. The number of ether oxygens (including phenoxy) is 1. The standard InChI is InChI=1S/C6H9NO4/c1-4(5(8)9)2-3-11-6(7)10/h2H,3H2,1H3,(H2,7,10)(H,8,9)/b4-2+. The summed E-state index contributed by atoms with van der Waals surface area (Å²) in [6.07, 6.45) is 0.340. The Labute approximate surface area is 63.4 Å². The second-order valence-electron chi connectivity index (χ2n) is 1.82. The average Bonchev–Trinajstić information content (AvgIpc) is 1.86. The van der Waals surface area contributed by atoms with E-state index in [0.29, 0.717) is 0 Å². The molecule has 0 rings (SSSR count). The van der Waals surface area contributed by atoms with E-state index in [4.69, 9.17) is 5.11 Å². The molecule has 0 radical (unpaired) electrons. The van der Waals surface area contributed by atoms with Crippen LogP contribution in [0.3, 0.4) is 0 Å². The van der Waals surface area contributed by atoms with Crippen LogP contribution in [0.1, 0.15) is 6.92 Å². The van der Waals surface area contributed by atoms with Gasteiger partial charge in [-0.15, -0.1) is 0 Å². The van der Waals surface area contributed by atoms with Crippen LogP contribution < -0.4 is 5.73 Å². The minimum Gasteiger partial charge on any atom is -0.478 e. The summed E-state index contributed by atoms with van der Waals surface area (Å²) in [7, 11) is 0. The molecular formula is C6H9NO4. The molecular weight excluding hydrogens is 150 g/mol. The third-order valence-electron chi connectivity index (χ3n) is 0.952. The largest absolute Gasteiger partial charge is 0.478 e. The molecule has 0 unspecified atom stereocenters. The number of aliphatic carboxylic acids is 1. The van der Waals surface area contributed by atoms with Crippen molar-refractivity contribution in [3.63, 3.8) is 0 Å². The number of hydrogen-bond acceptors (Lipinski definition) is 3. The first kappa shape index (κ1) is 9.48. The van der Waals surface area contributed by atoms with Crippen LogP contribution >= 0.6 is 0 Å². The van der Waals surface area contributed by atoms with Crippen molar-refractivity contribution in [2.45, 2.75) is 6.92 Å². The Bertz CT molecular complexity index is 197. The molecule has 0 aliphatic rings. The lowest BCUT2D eigenvalue weighted by molar-refractivity contribution is -0.132. The third kappa shape index (κ3) is 4.95. The average molecular weight is 159 g/mol. The van der Waals surface area contributed by atoms with E-state index in [1.165, 1.54) is 13.0 Å². The summed E-state index contributed by atoms with van der Waals surface area (Å²) >= 11 is 0. The molecule has 11 heavy (non-hydrogen) atoms. The van der Waals surface area contributed by atoms with Gasteiger partial charge in [0.2, 0.25) is 0 Å². The van der Waals surface area contributed by atoms with E-state index >= 15 is 0 Å². The third-order valence-corrected chi connectivity index (χ3v) is 0.952. The molecule has 0 spiro atoms. The highest BCUT2D eigenvalue weighted by molar-refractivity contribution is 5.85. The quantitative estimate of drug-likeness (QED) is 0.572. The first-order chi connectivity index (χ1) is 5.04. The minimum atomic E-state index is -1.04. The summed E-state index contributed by atoms with van der Waals surface area (Å²) in [4.78, 5) is 20.1. The second-order valence-corrected chi connectivity index (χ2v) is 1.82. The highest BCUT2D eigenvalue weighted by Crippen LogP contribution is 1.91. The van der Waals surface area contributed by atoms with Crippen LogP contribution in [0, 0.1) is 0 Å². The van der Waals surface area contributed by atoms with Gasteiger partial charge in [0.25, 0.3) is 0 Å². The number of nitrogens with two attached hydrogens (primary N) is 1. The Hall–Kier alpha value is -1.52. The fraction of sp³-hybridized carbons (Fsp3) is 0.333. The van der Waals surface area contributed by atoms with Gasteiger partial charge in [-0.3, -0.25) is 0 Å². The van der Waals surface area contributed by atoms with Gasteiger partial charge in [0.05, 0.1) is 0 Å². The Kier molecular flexibility index (Phi) is 3.72. The van der Waals surface area contributed by atoms with E-state index in [9.17, 15) is 9.59 Å². The smallest absolute Gasteiger partial charge is 0.404 e. The van der Waals surface area contributed by atoms with E-state index < -0.39 is 12.1 Å². The molecule has 0 saturated heterocycles. The number of rotatable bonds is 3. The van der Waals surface area contributed by atoms with Crippen molar-refractivity contribution in [2.24, 2.45) is 5.73 Å². The van der Waals surface area contributed by atoms with E-state index in [1.54, 1.807) is 0 Å². The van der Waals surface area contributed by atoms with Gasteiger partial charge >= 0.3 is 12.1 Å². The monoisotopic (exact) mass is 159 g/mol. The zero-order chi connectivity index (χ0) is 8.85. The minimum absolute atomic E-state index is 0.104. The Morgan fingerprint density at radius 3 is 2.55 bits per heavy atom. The first-order valence-electron chi connectivity index (χ1n) is 2.86. The van der Waals surface area contributed by atoms with Crippen LogP contribution in [0.5, 0.6) is 0 Å². The molecule has 0 aromatic rings. The number of carboxylic acids is 1. The Morgan fingerprint density at radius 2 is 2.18 bits per heavy atom. The van der Waals surface area contributed by atoms with Crippen LogP contribution in [0.25, 0.3) is 0 Å². The molecule has 0 bridgehead atoms. The second kappa shape index (κ2) is 4.32. The predicted molar refractivity (Wildman–Crippen MR) is 36.9 cm³/mol. The lowest BCUT2D eigenvalue weighted by Crippen LogP contribution is -2.13. The van der Waals surface area contributed by atoms with E-state index in [-0.39, 0.29) is 12.2 Å². The van der Waals surface area contributed by atoms with Gasteiger partial charge in [0.15, 0.2) is 0 Å². The normalized spacial score (nSPS) is 10.8. The first-order valence-corrected chi connectivity index (χ1v) is 2.86. The molecule has 3 N–H and O–H groups in total. The summed E-state index contributed by atoms with van der Waals surface area (Å²) in [6, 6.07) is 0. The molecule has 0 fully saturated rings. The molecule has 0 aliphatic carbocycles. The van der Waals surface area contributed by atoms with Crippen molar-refractivity contribution in [3.8, 4) is 0 Å². The number of primary amides is 1. The van der Waals surface area contributed by atoms with Crippen molar-refractivity contribution >= 4 is 12.1 Å². The fourth-order valence-corrected chi connectivity index (χ4v) is 0.336. The van der Waals surface area contributed by atoms with Crippen LogP contribution in [-0.4, -0.2) is 23.8 Å². The number of amides is 1. The van der Waals surface area contributed by atoms with E-state index in [2.05, 4.69) is 10.5 Å². The van der Waals surface area contributed by atoms with Gasteiger partial charge in [-0.2, -0.15) is 0 Å². The number of carbonyl (C=O) groups is 2. The van der Waals surface area contributed by atoms with Crippen LogP contribution in [-0.2, 0) is 9.53 Å². The van der Waals surface area contributed by atoms with Gasteiger partial charge in [0.1, 0.15) is 6.61 Å². The summed E-state index contributed by atoms with van der Waals surface area (Å²) < 4.78 is 4.26. The number of hydrogen-bond donors (Lipinski definition) is 2. The van der Waals surface area contributed by atoms with Crippen molar-refractivity contribution in [2.75, 3.05) is 6.61 Å². The maximum atomic E-state index is 10.1. The molecule has 1 amide bonds. The van der Waals surface area contributed by atoms with Crippen molar-refractivity contribution in [1.29, 1.82) is 0 Å². The van der Waals surface area contributed by atoms with Crippen molar-refractivity contribution in [3.05, 3.63) is 11.6 Å². The maximum absolute atomic E-state index is 10.1. The van der Waals surface area contributed by atoms with Crippen LogP contribution in [0.4, 0.5) is 4.79 Å². The summed E-state index contributed by atoms with van der Waals surface area (Å²) in [5.41, 5.74) is 4.73.